The number of carboxylic acid groups (broad SMARTS) is 1. The zero-order valence-corrected chi connectivity index (χ0v) is 12.3. The van der Waals surface area contributed by atoms with Crippen LogP contribution in [0.15, 0.2) is 6.07 Å². The lowest BCUT2D eigenvalue weighted by Gasteiger charge is -2.17. The highest BCUT2D eigenvalue weighted by atomic mass is 32.1. The standard InChI is InChI=1S/C13H19NO4S/c1-7(2)9(4)14-11(15)6-18-10-5-8(3)19-12(10)13(16)17/h5,7,9H,6H2,1-4H3,(H,14,15)(H,16,17). The molecular weight excluding hydrogens is 266 g/mol. The molecule has 1 unspecified atom stereocenters. The van der Waals surface area contributed by atoms with Crippen molar-refractivity contribution in [1.29, 1.82) is 0 Å². The second-order valence-electron chi connectivity index (χ2n) is 4.74. The highest BCUT2D eigenvalue weighted by Crippen LogP contribution is 2.28. The number of aryl methyl sites for hydroxylation is 1. The normalized spacial score (nSPS) is 12.3. The molecule has 1 amide bonds. The summed E-state index contributed by atoms with van der Waals surface area (Å²) < 4.78 is 5.28. The summed E-state index contributed by atoms with van der Waals surface area (Å²) in [7, 11) is 0. The van der Waals surface area contributed by atoms with Crippen LogP contribution in [0.5, 0.6) is 5.75 Å². The van der Waals surface area contributed by atoms with Crippen molar-refractivity contribution in [3.8, 4) is 5.75 Å². The van der Waals surface area contributed by atoms with Gasteiger partial charge in [-0.1, -0.05) is 13.8 Å². The summed E-state index contributed by atoms with van der Waals surface area (Å²) in [5.41, 5.74) is 0. The Bertz CT molecular complexity index is 467. The summed E-state index contributed by atoms with van der Waals surface area (Å²) in [6.45, 7) is 7.56. The van der Waals surface area contributed by atoms with Crippen LogP contribution < -0.4 is 10.1 Å². The molecule has 19 heavy (non-hydrogen) atoms. The Morgan fingerprint density at radius 2 is 2.05 bits per heavy atom. The fourth-order valence-corrected chi connectivity index (χ4v) is 2.15. The third-order valence-corrected chi connectivity index (χ3v) is 3.78. The van der Waals surface area contributed by atoms with Crippen molar-refractivity contribution in [2.75, 3.05) is 6.61 Å². The average molecular weight is 285 g/mol. The molecule has 1 rings (SSSR count). The van der Waals surface area contributed by atoms with E-state index >= 15 is 0 Å². The topological polar surface area (TPSA) is 75.6 Å². The van der Waals surface area contributed by atoms with Crippen LogP contribution in [-0.4, -0.2) is 29.6 Å². The number of ether oxygens (including phenoxy) is 1. The van der Waals surface area contributed by atoms with Crippen LogP contribution >= 0.6 is 11.3 Å². The smallest absolute Gasteiger partial charge is 0.349 e. The molecule has 0 spiro atoms. The molecule has 1 atom stereocenters. The highest BCUT2D eigenvalue weighted by molar-refractivity contribution is 7.14. The van der Waals surface area contributed by atoms with E-state index < -0.39 is 5.97 Å². The fourth-order valence-electron chi connectivity index (χ4n) is 1.35. The molecule has 1 heterocycles. The summed E-state index contributed by atoms with van der Waals surface area (Å²) in [6.07, 6.45) is 0. The summed E-state index contributed by atoms with van der Waals surface area (Å²) in [4.78, 5) is 23.6. The van der Waals surface area contributed by atoms with Gasteiger partial charge in [-0.05, 0) is 25.8 Å². The maximum absolute atomic E-state index is 11.6. The Morgan fingerprint density at radius 3 is 2.58 bits per heavy atom. The first-order valence-corrected chi connectivity index (χ1v) is 6.88. The third-order valence-electron chi connectivity index (χ3n) is 2.76. The van der Waals surface area contributed by atoms with Crippen molar-refractivity contribution in [1.82, 2.24) is 5.32 Å². The second kappa shape index (κ2) is 6.56. The fraction of sp³-hybridized carbons (Fsp3) is 0.538. The van der Waals surface area contributed by atoms with Gasteiger partial charge in [0.15, 0.2) is 11.5 Å². The van der Waals surface area contributed by atoms with Gasteiger partial charge in [-0.25, -0.2) is 4.79 Å². The molecule has 0 saturated carbocycles. The van der Waals surface area contributed by atoms with Gasteiger partial charge in [0.2, 0.25) is 0 Å². The molecule has 106 valence electrons. The van der Waals surface area contributed by atoms with E-state index in [1.165, 1.54) is 0 Å². The van der Waals surface area contributed by atoms with Gasteiger partial charge in [0.25, 0.3) is 5.91 Å². The van der Waals surface area contributed by atoms with E-state index in [4.69, 9.17) is 9.84 Å². The Labute approximate surface area is 116 Å². The van der Waals surface area contributed by atoms with E-state index in [1.807, 2.05) is 20.8 Å². The highest BCUT2D eigenvalue weighted by Gasteiger charge is 2.17. The number of carboxylic acids is 1. The van der Waals surface area contributed by atoms with Crippen molar-refractivity contribution in [2.24, 2.45) is 5.92 Å². The van der Waals surface area contributed by atoms with Gasteiger partial charge in [-0.15, -0.1) is 11.3 Å². The van der Waals surface area contributed by atoms with Gasteiger partial charge in [0, 0.05) is 10.9 Å². The van der Waals surface area contributed by atoms with Crippen LogP contribution in [-0.2, 0) is 4.79 Å². The maximum Gasteiger partial charge on any atom is 0.349 e. The first-order chi connectivity index (χ1) is 8.81. The van der Waals surface area contributed by atoms with Gasteiger partial charge >= 0.3 is 5.97 Å². The minimum atomic E-state index is -1.04. The van der Waals surface area contributed by atoms with Crippen LogP contribution in [0.1, 0.15) is 35.3 Å². The van der Waals surface area contributed by atoms with Crippen molar-refractivity contribution >= 4 is 23.2 Å². The molecule has 2 N–H and O–H groups in total. The number of thiophene rings is 1. The molecule has 0 aliphatic heterocycles. The summed E-state index contributed by atoms with van der Waals surface area (Å²) in [5, 5.41) is 11.8. The van der Waals surface area contributed by atoms with Crippen molar-refractivity contribution in [2.45, 2.75) is 33.7 Å². The third kappa shape index (κ3) is 4.55. The van der Waals surface area contributed by atoms with Gasteiger partial charge in [-0.3, -0.25) is 4.79 Å². The van der Waals surface area contributed by atoms with E-state index in [2.05, 4.69) is 5.32 Å². The predicted molar refractivity (Wildman–Crippen MR) is 74.0 cm³/mol. The van der Waals surface area contributed by atoms with Gasteiger partial charge < -0.3 is 15.2 Å². The van der Waals surface area contributed by atoms with E-state index in [1.54, 1.807) is 13.0 Å². The molecule has 0 bridgehead atoms. The lowest BCUT2D eigenvalue weighted by Crippen LogP contribution is -2.39. The number of hydrogen-bond acceptors (Lipinski definition) is 4. The summed E-state index contributed by atoms with van der Waals surface area (Å²) in [6, 6.07) is 1.69. The SMILES string of the molecule is Cc1cc(OCC(=O)NC(C)C(C)C)c(C(=O)O)s1. The first-order valence-electron chi connectivity index (χ1n) is 6.07. The van der Waals surface area contributed by atoms with Crippen LogP contribution in [0, 0.1) is 12.8 Å². The zero-order valence-electron chi connectivity index (χ0n) is 11.5. The van der Waals surface area contributed by atoms with Crippen LogP contribution in [0.3, 0.4) is 0 Å². The lowest BCUT2D eigenvalue weighted by molar-refractivity contribution is -0.124. The van der Waals surface area contributed by atoms with E-state index in [0.717, 1.165) is 16.2 Å². The van der Waals surface area contributed by atoms with E-state index in [-0.39, 0.29) is 29.2 Å². The Morgan fingerprint density at radius 1 is 1.42 bits per heavy atom. The molecule has 6 heteroatoms. The van der Waals surface area contributed by atoms with Gasteiger partial charge in [0.05, 0.1) is 0 Å². The summed E-state index contributed by atoms with van der Waals surface area (Å²) in [5.74, 6) is -0.699. The molecule has 5 nitrogen and oxygen atoms in total. The number of carbonyl (C=O) groups is 2. The molecule has 0 saturated heterocycles. The zero-order chi connectivity index (χ0) is 14.6. The molecule has 0 aliphatic rings. The number of aromatic carboxylic acids is 1. The quantitative estimate of drug-likeness (QED) is 0.841. The Balaban J connectivity index is 2.57. The molecule has 0 aromatic carbocycles. The number of nitrogens with one attached hydrogen (secondary N) is 1. The molecule has 0 radical (unpaired) electrons. The maximum atomic E-state index is 11.6. The lowest BCUT2D eigenvalue weighted by atomic mass is 10.1. The number of rotatable bonds is 6. The Kier molecular flexibility index (Phi) is 5.35. The predicted octanol–water partition coefficient (Wildman–Crippen LogP) is 2.29. The summed E-state index contributed by atoms with van der Waals surface area (Å²) >= 11 is 1.14. The Hall–Kier alpha value is -1.56. The van der Waals surface area contributed by atoms with Crippen LogP contribution in [0.4, 0.5) is 0 Å². The monoisotopic (exact) mass is 285 g/mol. The minimum absolute atomic E-state index is 0.0549. The molecule has 0 aliphatic carbocycles. The van der Waals surface area contributed by atoms with Crippen molar-refractivity contribution in [3.63, 3.8) is 0 Å². The molecular formula is C13H19NO4S. The molecule has 1 aromatic heterocycles. The second-order valence-corrected chi connectivity index (χ2v) is 6.00. The van der Waals surface area contributed by atoms with E-state index in [9.17, 15) is 9.59 Å². The largest absolute Gasteiger partial charge is 0.482 e. The van der Waals surface area contributed by atoms with Crippen LogP contribution in [0.25, 0.3) is 0 Å². The van der Waals surface area contributed by atoms with Crippen LogP contribution in [0.2, 0.25) is 0 Å². The van der Waals surface area contributed by atoms with E-state index in [0.29, 0.717) is 5.92 Å². The number of amides is 1. The van der Waals surface area contributed by atoms with Crippen molar-refractivity contribution < 1.29 is 19.4 Å². The first kappa shape index (κ1) is 15.5. The number of hydrogen-bond donors (Lipinski definition) is 2. The average Bonchev–Trinajstić information content (AvgIpc) is 2.68. The number of carbonyl (C=O) groups excluding carboxylic acids is 1. The van der Waals surface area contributed by atoms with Crippen molar-refractivity contribution in [3.05, 3.63) is 15.8 Å². The molecule has 0 fully saturated rings. The van der Waals surface area contributed by atoms with Gasteiger partial charge in [0.1, 0.15) is 5.75 Å². The minimum Gasteiger partial charge on any atom is -0.482 e. The molecule has 1 aromatic rings. The van der Waals surface area contributed by atoms with Gasteiger partial charge in [-0.2, -0.15) is 0 Å².